The van der Waals surface area contributed by atoms with Crippen molar-refractivity contribution in [2.45, 2.75) is 49.7 Å². The number of hydrogen-bond donors (Lipinski definition) is 0. The minimum Gasteiger partial charge on any atom is -0.376 e. The minimum atomic E-state index is -0.211. The highest BCUT2D eigenvalue weighted by Gasteiger charge is 2.22. The SMILES string of the molecule is CCc1cc(-c2nnc(SCc3ccc(F)cc3)n2CC2CCCO2)cs1. The first-order valence-electron chi connectivity index (χ1n) is 9.22. The van der Waals surface area contributed by atoms with Crippen molar-refractivity contribution in [1.29, 1.82) is 0 Å². The quantitative estimate of drug-likeness (QED) is 0.510. The zero-order chi connectivity index (χ0) is 18.6. The summed E-state index contributed by atoms with van der Waals surface area (Å²) < 4.78 is 21.2. The number of aromatic nitrogens is 3. The maximum atomic E-state index is 13.1. The Bertz CT molecular complexity index is 885. The third-order valence-corrected chi connectivity index (χ3v) is 6.79. The van der Waals surface area contributed by atoms with Gasteiger partial charge in [-0.25, -0.2) is 4.39 Å². The van der Waals surface area contributed by atoms with Gasteiger partial charge in [0.1, 0.15) is 5.82 Å². The van der Waals surface area contributed by atoms with Gasteiger partial charge in [-0.15, -0.1) is 21.5 Å². The largest absolute Gasteiger partial charge is 0.376 e. The van der Waals surface area contributed by atoms with Gasteiger partial charge in [0.15, 0.2) is 11.0 Å². The van der Waals surface area contributed by atoms with Crippen LogP contribution in [0, 0.1) is 5.82 Å². The van der Waals surface area contributed by atoms with Crippen molar-refractivity contribution < 1.29 is 9.13 Å². The Morgan fingerprint density at radius 3 is 2.85 bits per heavy atom. The highest BCUT2D eigenvalue weighted by Crippen LogP contribution is 2.30. The maximum Gasteiger partial charge on any atom is 0.191 e. The molecular weight excluding hydrogens is 381 g/mol. The minimum absolute atomic E-state index is 0.211. The molecule has 0 N–H and O–H groups in total. The monoisotopic (exact) mass is 403 g/mol. The normalized spacial score (nSPS) is 16.9. The standard InChI is InChI=1S/C20H22FN3OS2/c1-2-18-10-15(13-26-18)19-22-23-20(24(19)11-17-4-3-9-25-17)27-12-14-5-7-16(21)8-6-14/h5-8,10,13,17H,2-4,9,11-12H2,1H3. The smallest absolute Gasteiger partial charge is 0.191 e. The summed E-state index contributed by atoms with van der Waals surface area (Å²) in [5.41, 5.74) is 2.19. The van der Waals surface area contributed by atoms with Crippen LogP contribution in [-0.2, 0) is 23.5 Å². The van der Waals surface area contributed by atoms with E-state index < -0.39 is 0 Å². The first-order valence-corrected chi connectivity index (χ1v) is 11.1. The summed E-state index contributed by atoms with van der Waals surface area (Å²) in [4.78, 5) is 1.34. The van der Waals surface area contributed by atoms with Crippen LogP contribution in [0.3, 0.4) is 0 Å². The number of ether oxygens (including phenoxy) is 1. The lowest BCUT2D eigenvalue weighted by Gasteiger charge is -2.14. The first kappa shape index (κ1) is 18.7. The van der Waals surface area contributed by atoms with Crippen LogP contribution >= 0.6 is 23.1 Å². The third kappa shape index (κ3) is 4.42. The average molecular weight is 404 g/mol. The van der Waals surface area contributed by atoms with Crippen molar-refractivity contribution in [2.24, 2.45) is 0 Å². The Morgan fingerprint density at radius 2 is 2.15 bits per heavy atom. The number of halogens is 1. The van der Waals surface area contributed by atoms with Crippen LogP contribution in [0.5, 0.6) is 0 Å². The summed E-state index contributed by atoms with van der Waals surface area (Å²) in [6.45, 7) is 3.76. The summed E-state index contributed by atoms with van der Waals surface area (Å²) in [6, 6.07) is 8.83. The average Bonchev–Trinajstić information content (AvgIpc) is 3.43. The topological polar surface area (TPSA) is 39.9 Å². The van der Waals surface area contributed by atoms with Gasteiger partial charge in [-0.05, 0) is 43.0 Å². The van der Waals surface area contributed by atoms with E-state index in [-0.39, 0.29) is 11.9 Å². The molecule has 1 atom stereocenters. The van der Waals surface area contributed by atoms with Crippen LogP contribution in [-0.4, -0.2) is 27.5 Å². The van der Waals surface area contributed by atoms with Crippen LogP contribution in [0.4, 0.5) is 4.39 Å². The first-order chi connectivity index (χ1) is 13.2. The Hall–Kier alpha value is -1.70. The molecule has 0 bridgehead atoms. The van der Waals surface area contributed by atoms with Gasteiger partial charge in [-0.2, -0.15) is 0 Å². The lowest BCUT2D eigenvalue weighted by molar-refractivity contribution is 0.0953. The van der Waals surface area contributed by atoms with Gasteiger partial charge >= 0.3 is 0 Å². The lowest BCUT2D eigenvalue weighted by atomic mass is 10.2. The fourth-order valence-electron chi connectivity index (χ4n) is 3.18. The lowest BCUT2D eigenvalue weighted by Crippen LogP contribution is -2.16. The second kappa shape index (κ2) is 8.54. The molecule has 0 radical (unpaired) electrons. The predicted molar refractivity (Wildman–Crippen MR) is 108 cm³/mol. The number of rotatable bonds is 7. The molecule has 2 aromatic heterocycles. The third-order valence-electron chi connectivity index (χ3n) is 4.67. The van der Waals surface area contributed by atoms with Crippen molar-refractivity contribution in [3.8, 4) is 11.4 Å². The van der Waals surface area contributed by atoms with E-state index in [1.54, 1.807) is 23.1 Å². The van der Waals surface area contributed by atoms with Gasteiger partial charge in [-0.3, -0.25) is 4.57 Å². The van der Waals surface area contributed by atoms with E-state index >= 15 is 0 Å². The number of hydrogen-bond acceptors (Lipinski definition) is 5. The van der Waals surface area contributed by atoms with Crippen molar-refractivity contribution in [3.63, 3.8) is 0 Å². The predicted octanol–water partition coefficient (Wildman–Crippen LogP) is 5.18. The molecule has 4 nitrogen and oxygen atoms in total. The second-order valence-corrected chi connectivity index (χ2v) is 8.56. The number of nitrogens with zero attached hydrogens (tertiary/aromatic N) is 3. The molecule has 1 aliphatic rings. The van der Waals surface area contributed by atoms with E-state index in [9.17, 15) is 4.39 Å². The van der Waals surface area contributed by atoms with Gasteiger partial charge in [0.25, 0.3) is 0 Å². The van der Waals surface area contributed by atoms with Crippen LogP contribution in [0.25, 0.3) is 11.4 Å². The molecule has 3 aromatic rings. The van der Waals surface area contributed by atoms with Gasteiger partial charge in [0, 0.05) is 28.2 Å². The second-order valence-electron chi connectivity index (χ2n) is 6.62. The van der Waals surface area contributed by atoms with Crippen LogP contribution in [0.2, 0.25) is 0 Å². The van der Waals surface area contributed by atoms with Gasteiger partial charge in [-0.1, -0.05) is 30.8 Å². The molecule has 0 saturated carbocycles. The van der Waals surface area contributed by atoms with Crippen molar-refractivity contribution in [3.05, 3.63) is 52.0 Å². The molecule has 1 aliphatic heterocycles. The maximum absolute atomic E-state index is 13.1. The number of thiophene rings is 1. The Kier molecular flexibility index (Phi) is 5.90. The van der Waals surface area contributed by atoms with E-state index in [2.05, 4.69) is 33.1 Å². The molecule has 27 heavy (non-hydrogen) atoms. The summed E-state index contributed by atoms with van der Waals surface area (Å²) in [5.74, 6) is 1.42. The van der Waals surface area contributed by atoms with E-state index in [1.165, 1.54) is 17.0 Å². The molecule has 0 aliphatic carbocycles. The molecule has 0 amide bonds. The van der Waals surface area contributed by atoms with E-state index in [1.807, 2.05) is 12.1 Å². The molecule has 1 unspecified atom stereocenters. The van der Waals surface area contributed by atoms with Crippen LogP contribution in [0.1, 0.15) is 30.2 Å². The molecule has 1 aromatic carbocycles. The van der Waals surface area contributed by atoms with Crippen LogP contribution < -0.4 is 0 Å². The van der Waals surface area contributed by atoms with E-state index in [0.717, 1.165) is 60.3 Å². The molecule has 0 spiro atoms. The molecule has 1 saturated heterocycles. The molecule has 3 heterocycles. The van der Waals surface area contributed by atoms with Gasteiger partial charge in [0.2, 0.25) is 0 Å². The van der Waals surface area contributed by atoms with Crippen molar-refractivity contribution in [2.75, 3.05) is 6.61 Å². The molecular formula is C20H22FN3OS2. The number of thioether (sulfide) groups is 1. The Balaban J connectivity index is 1.58. The molecule has 4 rings (SSSR count). The highest BCUT2D eigenvalue weighted by molar-refractivity contribution is 7.98. The Labute approximate surface area is 166 Å². The number of benzene rings is 1. The molecule has 1 fully saturated rings. The summed E-state index contributed by atoms with van der Waals surface area (Å²) in [5, 5.41) is 12.0. The van der Waals surface area contributed by atoms with E-state index in [0.29, 0.717) is 0 Å². The zero-order valence-electron chi connectivity index (χ0n) is 15.2. The summed E-state index contributed by atoms with van der Waals surface area (Å²) in [7, 11) is 0. The number of aryl methyl sites for hydroxylation is 1. The molecule has 142 valence electrons. The fraction of sp³-hybridized carbons (Fsp3) is 0.400. The van der Waals surface area contributed by atoms with Gasteiger partial charge < -0.3 is 4.74 Å². The highest BCUT2D eigenvalue weighted by atomic mass is 32.2. The van der Waals surface area contributed by atoms with Crippen molar-refractivity contribution >= 4 is 23.1 Å². The zero-order valence-corrected chi connectivity index (χ0v) is 16.9. The molecule has 7 heteroatoms. The van der Waals surface area contributed by atoms with Crippen molar-refractivity contribution in [1.82, 2.24) is 14.8 Å². The fourth-order valence-corrected chi connectivity index (χ4v) is 4.89. The summed E-state index contributed by atoms with van der Waals surface area (Å²) in [6.07, 6.45) is 3.42. The van der Waals surface area contributed by atoms with Gasteiger partial charge in [0.05, 0.1) is 12.6 Å². The van der Waals surface area contributed by atoms with E-state index in [4.69, 9.17) is 4.74 Å². The Morgan fingerprint density at radius 1 is 1.30 bits per heavy atom. The summed E-state index contributed by atoms with van der Waals surface area (Å²) >= 11 is 3.39. The van der Waals surface area contributed by atoms with Crippen LogP contribution in [0.15, 0.2) is 40.9 Å².